The van der Waals surface area contributed by atoms with Crippen LogP contribution in [-0.2, 0) is 5.41 Å². The number of hydrogen-bond acceptors (Lipinski definition) is 2. The Morgan fingerprint density at radius 2 is 2.14 bits per heavy atom. The van der Waals surface area contributed by atoms with E-state index in [-0.39, 0.29) is 5.54 Å². The largest absolute Gasteiger partial charge is 0.311 e. The lowest BCUT2D eigenvalue weighted by molar-refractivity contribution is 0.401. The first-order chi connectivity index (χ1) is 6.52. The lowest BCUT2D eigenvalue weighted by Gasteiger charge is -2.24. The Bertz CT molecular complexity index is 291. The Morgan fingerprint density at radius 1 is 1.43 bits per heavy atom. The van der Waals surface area contributed by atoms with Gasteiger partial charge in [0.2, 0.25) is 0 Å². The van der Waals surface area contributed by atoms with Crippen LogP contribution in [0.25, 0.3) is 0 Å². The smallest absolute Gasteiger partial charge is 0.0172 e. The Morgan fingerprint density at radius 3 is 2.57 bits per heavy atom. The normalized spacial score (nSPS) is 19.6. The molecule has 0 spiro atoms. The van der Waals surface area contributed by atoms with E-state index in [1.807, 2.05) is 11.3 Å². The van der Waals surface area contributed by atoms with E-state index in [4.69, 9.17) is 0 Å². The second-order valence-corrected chi connectivity index (χ2v) is 6.31. The molecular formula is C12H19NS. The molecule has 0 aliphatic heterocycles. The third-order valence-corrected chi connectivity index (χ3v) is 3.97. The molecular weight excluding hydrogens is 190 g/mol. The number of hydrogen-bond donors (Lipinski definition) is 1. The van der Waals surface area contributed by atoms with E-state index in [0.717, 1.165) is 6.54 Å². The van der Waals surface area contributed by atoms with Crippen molar-refractivity contribution in [2.75, 3.05) is 6.54 Å². The number of rotatable bonds is 3. The van der Waals surface area contributed by atoms with E-state index < -0.39 is 0 Å². The highest BCUT2D eigenvalue weighted by Crippen LogP contribution is 2.49. The molecule has 0 radical (unpaired) electrons. The molecule has 0 unspecified atom stereocenters. The molecule has 0 bridgehead atoms. The van der Waals surface area contributed by atoms with Gasteiger partial charge in [-0.05, 0) is 45.1 Å². The fraction of sp³-hybridized carbons (Fsp3) is 0.667. The summed E-state index contributed by atoms with van der Waals surface area (Å²) in [6.07, 6.45) is 2.72. The Hall–Kier alpha value is -0.340. The summed E-state index contributed by atoms with van der Waals surface area (Å²) in [6.45, 7) is 7.84. The molecule has 14 heavy (non-hydrogen) atoms. The van der Waals surface area contributed by atoms with E-state index >= 15 is 0 Å². The molecule has 2 rings (SSSR count). The SMILES string of the molecule is CC(C)(C)NCC1(c2cccs2)CC1. The zero-order valence-electron chi connectivity index (χ0n) is 9.26. The average molecular weight is 209 g/mol. The fourth-order valence-corrected chi connectivity index (χ4v) is 2.66. The molecule has 1 aromatic heterocycles. The van der Waals surface area contributed by atoms with Crippen LogP contribution in [0.5, 0.6) is 0 Å². The van der Waals surface area contributed by atoms with E-state index in [1.54, 1.807) is 4.88 Å². The molecule has 1 heterocycles. The average Bonchev–Trinajstić information content (AvgIpc) is 2.67. The van der Waals surface area contributed by atoms with Crippen molar-refractivity contribution in [1.82, 2.24) is 5.32 Å². The number of thiophene rings is 1. The summed E-state index contributed by atoms with van der Waals surface area (Å²) in [4.78, 5) is 1.56. The lowest BCUT2D eigenvalue weighted by atomic mass is 10.0. The van der Waals surface area contributed by atoms with Gasteiger partial charge in [-0.15, -0.1) is 11.3 Å². The highest BCUT2D eigenvalue weighted by Gasteiger charge is 2.45. The minimum Gasteiger partial charge on any atom is -0.311 e. The van der Waals surface area contributed by atoms with E-state index in [1.165, 1.54) is 12.8 Å². The number of nitrogens with one attached hydrogen (secondary N) is 1. The summed E-state index contributed by atoms with van der Waals surface area (Å²) in [5, 5.41) is 5.81. The maximum absolute atomic E-state index is 3.62. The molecule has 0 aromatic carbocycles. The molecule has 0 saturated heterocycles. The van der Waals surface area contributed by atoms with Crippen LogP contribution in [-0.4, -0.2) is 12.1 Å². The van der Waals surface area contributed by atoms with Crippen LogP contribution < -0.4 is 5.32 Å². The maximum Gasteiger partial charge on any atom is 0.0172 e. The predicted octanol–water partition coefficient (Wildman–Crippen LogP) is 3.17. The van der Waals surface area contributed by atoms with Gasteiger partial charge in [-0.3, -0.25) is 0 Å². The van der Waals surface area contributed by atoms with E-state index in [2.05, 4.69) is 43.6 Å². The molecule has 1 aliphatic carbocycles. The first-order valence-electron chi connectivity index (χ1n) is 5.31. The van der Waals surface area contributed by atoms with Crippen LogP contribution >= 0.6 is 11.3 Å². The topological polar surface area (TPSA) is 12.0 Å². The van der Waals surface area contributed by atoms with Crippen LogP contribution in [0.3, 0.4) is 0 Å². The quantitative estimate of drug-likeness (QED) is 0.806. The van der Waals surface area contributed by atoms with Crippen molar-refractivity contribution < 1.29 is 0 Å². The Balaban J connectivity index is 1.98. The summed E-state index contributed by atoms with van der Waals surface area (Å²) in [5.74, 6) is 0. The van der Waals surface area contributed by atoms with Crippen LogP contribution in [0.4, 0.5) is 0 Å². The highest BCUT2D eigenvalue weighted by atomic mass is 32.1. The monoisotopic (exact) mass is 209 g/mol. The van der Waals surface area contributed by atoms with Gasteiger partial charge in [0.05, 0.1) is 0 Å². The molecule has 0 atom stereocenters. The summed E-state index contributed by atoms with van der Waals surface area (Å²) < 4.78 is 0. The molecule has 1 saturated carbocycles. The second kappa shape index (κ2) is 3.35. The minimum atomic E-state index is 0.243. The zero-order valence-corrected chi connectivity index (χ0v) is 10.1. The standard InChI is InChI=1S/C12H19NS/c1-11(2,3)13-9-12(6-7-12)10-5-4-8-14-10/h4-5,8,13H,6-7,9H2,1-3H3. The van der Waals surface area contributed by atoms with Crippen LogP contribution in [0.2, 0.25) is 0 Å². The lowest BCUT2D eigenvalue weighted by Crippen LogP contribution is -2.40. The maximum atomic E-state index is 3.62. The molecule has 0 amide bonds. The Kier molecular flexibility index (Phi) is 2.44. The second-order valence-electron chi connectivity index (χ2n) is 5.36. The third kappa shape index (κ3) is 2.18. The van der Waals surface area contributed by atoms with Crippen molar-refractivity contribution in [2.45, 2.75) is 44.6 Å². The highest BCUT2D eigenvalue weighted by molar-refractivity contribution is 7.10. The van der Waals surface area contributed by atoms with Gasteiger partial charge in [0.25, 0.3) is 0 Å². The van der Waals surface area contributed by atoms with Gasteiger partial charge in [0, 0.05) is 22.4 Å². The zero-order chi connectivity index (χ0) is 10.2. The van der Waals surface area contributed by atoms with Crippen molar-refractivity contribution in [3.05, 3.63) is 22.4 Å². The summed E-state index contributed by atoms with van der Waals surface area (Å²) in [6, 6.07) is 4.44. The third-order valence-electron chi connectivity index (χ3n) is 2.85. The van der Waals surface area contributed by atoms with E-state index in [9.17, 15) is 0 Å². The molecule has 1 aromatic rings. The van der Waals surface area contributed by atoms with E-state index in [0.29, 0.717) is 5.41 Å². The Labute approximate surface area is 90.5 Å². The van der Waals surface area contributed by atoms with Crippen LogP contribution in [0.15, 0.2) is 17.5 Å². The summed E-state index contributed by atoms with van der Waals surface area (Å²) >= 11 is 1.90. The van der Waals surface area contributed by atoms with Gasteiger partial charge in [-0.25, -0.2) is 0 Å². The van der Waals surface area contributed by atoms with Crippen molar-refractivity contribution in [2.24, 2.45) is 0 Å². The summed E-state index contributed by atoms with van der Waals surface area (Å²) in [5.41, 5.74) is 0.730. The van der Waals surface area contributed by atoms with Gasteiger partial charge in [-0.2, -0.15) is 0 Å². The first kappa shape index (κ1) is 10.2. The molecule has 1 fully saturated rings. The minimum absolute atomic E-state index is 0.243. The van der Waals surface area contributed by atoms with Gasteiger partial charge < -0.3 is 5.32 Å². The van der Waals surface area contributed by atoms with Crippen molar-refractivity contribution in [3.8, 4) is 0 Å². The molecule has 1 N–H and O–H groups in total. The van der Waals surface area contributed by atoms with Crippen molar-refractivity contribution in [3.63, 3.8) is 0 Å². The van der Waals surface area contributed by atoms with Crippen molar-refractivity contribution in [1.29, 1.82) is 0 Å². The first-order valence-corrected chi connectivity index (χ1v) is 6.19. The molecule has 78 valence electrons. The molecule has 1 nitrogen and oxygen atoms in total. The van der Waals surface area contributed by atoms with Gasteiger partial charge in [0.1, 0.15) is 0 Å². The van der Waals surface area contributed by atoms with Crippen molar-refractivity contribution >= 4 is 11.3 Å². The van der Waals surface area contributed by atoms with Crippen LogP contribution in [0.1, 0.15) is 38.5 Å². The van der Waals surface area contributed by atoms with Gasteiger partial charge in [-0.1, -0.05) is 6.07 Å². The summed E-state index contributed by atoms with van der Waals surface area (Å²) in [7, 11) is 0. The molecule has 1 aliphatic rings. The fourth-order valence-electron chi connectivity index (χ4n) is 1.68. The predicted molar refractivity (Wildman–Crippen MR) is 63.0 cm³/mol. The van der Waals surface area contributed by atoms with Gasteiger partial charge >= 0.3 is 0 Å². The van der Waals surface area contributed by atoms with Gasteiger partial charge in [0.15, 0.2) is 0 Å². The molecule has 2 heteroatoms. The van der Waals surface area contributed by atoms with Crippen LogP contribution in [0, 0.1) is 0 Å².